The molecule has 2 rings (SSSR count). The molecule has 1 amide bonds. The molecule has 0 aliphatic carbocycles. The van der Waals surface area contributed by atoms with Gasteiger partial charge >= 0.3 is 0 Å². The number of halogens is 2. The van der Waals surface area contributed by atoms with Crippen molar-refractivity contribution in [2.75, 3.05) is 6.54 Å². The molecule has 20 heavy (non-hydrogen) atoms. The van der Waals surface area contributed by atoms with Crippen molar-refractivity contribution in [2.24, 2.45) is 0 Å². The van der Waals surface area contributed by atoms with Gasteiger partial charge < -0.3 is 5.32 Å². The molecule has 0 aliphatic heterocycles. The first-order valence-electron chi connectivity index (χ1n) is 6.38. The molecular weight excluding hydrogens is 313 g/mol. The van der Waals surface area contributed by atoms with Crippen molar-refractivity contribution in [2.45, 2.75) is 19.3 Å². The summed E-state index contributed by atoms with van der Waals surface area (Å²) in [4.78, 5) is 13.0. The fourth-order valence-corrected chi connectivity index (χ4v) is 3.05. The summed E-state index contributed by atoms with van der Waals surface area (Å²) in [7, 11) is 0. The van der Waals surface area contributed by atoms with E-state index >= 15 is 0 Å². The van der Waals surface area contributed by atoms with Crippen molar-refractivity contribution in [3.63, 3.8) is 0 Å². The average Bonchev–Trinajstić information content (AvgIpc) is 2.91. The fourth-order valence-electron chi connectivity index (χ4n) is 1.84. The number of hydrogen-bond acceptors (Lipinski definition) is 2. The quantitative estimate of drug-likeness (QED) is 0.839. The molecule has 1 aromatic carbocycles. The Morgan fingerprint density at radius 1 is 1.20 bits per heavy atom. The van der Waals surface area contributed by atoms with Crippen LogP contribution in [0, 0.1) is 0 Å². The molecule has 0 atom stereocenters. The van der Waals surface area contributed by atoms with Crippen molar-refractivity contribution < 1.29 is 4.79 Å². The monoisotopic (exact) mass is 327 g/mol. The SMILES string of the molecule is O=C(CCc1ccc(Cl)cc1Cl)NCCc1cccs1. The summed E-state index contributed by atoms with van der Waals surface area (Å²) < 4.78 is 0. The molecule has 1 heterocycles. The van der Waals surface area contributed by atoms with Gasteiger partial charge in [0.2, 0.25) is 5.91 Å². The first-order valence-corrected chi connectivity index (χ1v) is 8.02. The Balaban J connectivity index is 1.72. The molecule has 1 N–H and O–H groups in total. The minimum absolute atomic E-state index is 0.0487. The standard InChI is InChI=1S/C15H15Cl2NOS/c16-12-5-3-11(14(17)10-12)4-6-15(19)18-8-7-13-2-1-9-20-13/h1-3,5,9-10H,4,6-8H2,(H,18,19). The van der Waals surface area contributed by atoms with E-state index in [-0.39, 0.29) is 5.91 Å². The molecule has 0 unspecified atom stereocenters. The van der Waals surface area contributed by atoms with Gasteiger partial charge in [-0.15, -0.1) is 11.3 Å². The van der Waals surface area contributed by atoms with Gasteiger partial charge in [-0.05, 0) is 42.0 Å². The Labute approximate surface area is 132 Å². The Morgan fingerprint density at radius 3 is 2.75 bits per heavy atom. The summed E-state index contributed by atoms with van der Waals surface area (Å²) >= 11 is 13.6. The topological polar surface area (TPSA) is 29.1 Å². The third-order valence-electron chi connectivity index (χ3n) is 2.91. The van der Waals surface area contributed by atoms with Crippen LogP contribution in [-0.2, 0) is 17.6 Å². The van der Waals surface area contributed by atoms with E-state index < -0.39 is 0 Å². The van der Waals surface area contributed by atoms with Crippen LogP contribution in [0.4, 0.5) is 0 Å². The van der Waals surface area contributed by atoms with Crippen LogP contribution in [0.3, 0.4) is 0 Å². The maximum Gasteiger partial charge on any atom is 0.220 e. The highest BCUT2D eigenvalue weighted by molar-refractivity contribution is 7.09. The van der Waals surface area contributed by atoms with Crippen LogP contribution < -0.4 is 5.32 Å². The molecule has 5 heteroatoms. The van der Waals surface area contributed by atoms with Gasteiger partial charge in [0.15, 0.2) is 0 Å². The molecule has 2 nitrogen and oxygen atoms in total. The number of benzene rings is 1. The molecule has 0 saturated heterocycles. The van der Waals surface area contributed by atoms with E-state index in [1.165, 1.54) is 4.88 Å². The molecule has 1 aromatic heterocycles. The van der Waals surface area contributed by atoms with Crippen molar-refractivity contribution >= 4 is 40.4 Å². The van der Waals surface area contributed by atoms with Crippen molar-refractivity contribution in [1.82, 2.24) is 5.32 Å². The van der Waals surface area contributed by atoms with Gasteiger partial charge in [0.25, 0.3) is 0 Å². The summed E-state index contributed by atoms with van der Waals surface area (Å²) in [5, 5.41) is 6.19. The number of thiophene rings is 1. The number of hydrogen-bond donors (Lipinski definition) is 1. The predicted molar refractivity (Wildman–Crippen MR) is 85.8 cm³/mol. The van der Waals surface area contributed by atoms with Gasteiger partial charge in [0, 0.05) is 27.9 Å². The van der Waals surface area contributed by atoms with Crippen LogP contribution in [0.15, 0.2) is 35.7 Å². The minimum atomic E-state index is 0.0487. The number of nitrogens with one attached hydrogen (secondary N) is 1. The largest absolute Gasteiger partial charge is 0.356 e. The summed E-state index contributed by atoms with van der Waals surface area (Å²) in [6.45, 7) is 0.674. The molecule has 2 aromatic rings. The van der Waals surface area contributed by atoms with E-state index in [2.05, 4.69) is 11.4 Å². The molecule has 106 valence electrons. The first-order chi connectivity index (χ1) is 9.65. The second-order valence-electron chi connectivity index (χ2n) is 4.42. The van der Waals surface area contributed by atoms with Crippen LogP contribution >= 0.6 is 34.5 Å². The van der Waals surface area contributed by atoms with Crippen LogP contribution in [0.1, 0.15) is 16.9 Å². The summed E-state index contributed by atoms with van der Waals surface area (Å²) in [6, 6.07) is 9.45. The fraction of sp³-hybridized carbons (Fsp3) is 0.267. The van der Waals surface area contributed by atoms with Crippen molar-refractivity contribution in [1.29, 1.82) is 0 Å². The van der Waals surface area contributed by atoms with Gasteiger partial charge in [-0.2, -0.15) is 0 Å². The number of carbonyl (C=O) groups is 1. The highest BCUT2D eigenvalue weighted by Crippen LogP contribution is 2.21. The van der Waals surface area contributed by atoms with E-state index in [0.717, 1.165) is 12.0 Å². The number of rotatable bonds is 6. The number of aryl methyl sites for hydroxylation is 1. The van der Waals surface area contributed by atoms with Gasteiger partial charge in [0.1, 0.15) is 0 Å². The summed E-state index contributed by atoms with van der Waals surface area (Å²) in [6.07, 6.45) is 1.94. The van der Waals surface area contributed by atoms with Crippen LogP contribution in [0.2, 0.25) is 10.0 Å². The van der Waals surface area contributed by atoms with Crippen LogP contribution in [0.5, 0.6) is 0 Å². The lowest BCUT2D eigenvalue weighted by Gasteiger charge is -2.06. The van der Waals surface area contributed by atoms with Crippen LogP contribution in [-0.4, -0.2) is 12.5 Å². The number of carbonyl (C=O) groups excluding carboxylic acids is 1. The second-order valence-corrected chi connectivity index (χ2v) is 6.29. The summed E-state index contributed by atoms with van der Waals surface area (Å²) in [5.74, 6) is 0.0487. The van der Waals surface area contributed by atoms with E-state index in [0.29, 0.717) is 29.4 Å². The van der Waals surface area contributed by atoms with E-state index in [1.807, 2.05) is 17.5 Å². The Hall–Kier alpha value is -1.03. The molecule has 0 fully saturated rings. The maximum absolute atomic E-state index is 11.7. The maximum atomic E-state index is 11.7. The van der Waals surface area contributed by atoms with Gasteiger partial charge in [0.05, 0.1) is 0 Å². The zero-order valence-corrected chi connectivity index (χ0v) is 13.2. The highest BCUT2D eigenvalue weighted by atomic mass is 35.5. The zero-order valence-electron chi connectivity index (χ0n) is 10.9. The van der Waals surface area contributed by atoms with E-state index in [9.17, 15) is 4.79 Å². The van der Waals surface area contributed by atoms with E-state index in [1.54, 1.807) is 23.5 Å². The summed E-state index contributed by atoms with van der Waals surface area (Å²) in [5.41, 5.74) is 0.949. The molecule has 0 spiro atoms. The highest BCUT2D eigenvalue weighted by Gasteiger charge is 2.05. The number of amides is 1. The molecular formula is C15H15Cl2NOS. The normalized spacial score (nSPS) is 10.5. The molecule has 0 radical (unpaired) electrons. The van der Waals surface area contributed by atoms with Crippen molar-refractivity contribution in [3.8, 4) is 0 Å². The third-order valence-corrected chi connectivity index (χ3v) is 4.43. The molecule has 0 aliphatic rings. The Bertz CT molecular complexity index is 569. The lowest BCUT2D eigenvalue weighted by molar-refractivity contribution is -0.121. The van der Waals surface area contributed by atoms with E-state index in [4.69, 9.17) is 23.2 Å². The Kier molecular flexibility index (Phi) is 5.89. The zero-order chi connectivity index (χ0) is 14.4. The van der Waals surface area contributed by atoms with Gasteiger partial charge in [-0.1, -0.05) is 35.3 Å². The third kappa shape index (κ3) is 4.82. The van der Waals surface area contributed by atoms with Crippen LogP contribution in [0.25, 0.3) is 0 Å². The minimum Gasteiger partial charge on any atom is -0.356 e. The lowest BCUT2D eigenvalue weighted by atomic mass is 10.1. The average molecular weight is 328 g/mol. The lowest BCUT2D eigenvalue weighted by Crippen LogP contribution is -2.25. The van der Waals surface area contributed by atoms with Crippen molar-refractivity contribution in [3.05, 3.63) is 56.2 Å². The van der Waals surface area contributed by atoms with Gasteiger partial charge in [-0.3, -0.25) is 4.79 Å². The predicted octanol–water partition coefficient (Wildman–Crippen LogP) is 4.35. The molecule has 0 saturated carbocycles. The Morgan fingerprint density at radius 2 is 2.05 bits per heavy atom. The molecule has 0 bridgehead atoms. The van der Waals surface area contributed by atoms with Gasteiger partial charge in [-0.25, -0.2) is 0 Å². The smallest absolute Gasteiger partial charge is 0.220 e. The first kappa shape index (κ1) is 15.4. The second kappa shape index (κ2) is 7.67.